The molecule has 1 rings (SSSR count). The van der Waals surface area contributed by atoms with E-state index in [1.54, 1.807) is 6.07 Å². The van der Waals surface area contributed by atoms with E-state index in [0.29, 0.717) is 17.2 Å². The fourth-order valence-electron chi connectivity index (χ4n) is 0.692. The van der Waals surface area contributed by atoms with Crippen molar-refractivity contribution in [3.8, 4) is 11.8 Å². The van der Waals surface area contributed by atoms with E-state index in [1.165, 1.54) is 11.3 Å². The molecular formula is C9H7ClOS. The first-order valence-corrected chi connectivity index (χ1v) is 4.87. The van der Waals surface area contributed by atoms with E-state index in [1.807, 2.05) is 5.38 Å². The lowest BCUT2D eigenvalue weighted by Crippen LogP contribution is -1.70. The summed E-state index contributed by atoms with van der Waals surface area (Å²) in [7, 11) is 0. The molecule has 1 heterocycles. The van der Waals surface area contributed by atoms with Gasteiger partial charge in [-0.2, -0.15) is 0 Å². The lowest BCUT2D eigenvalue weighted by Gasteiger charge is -1.76. The van der Waals surface area contributed by atoms with Gasteiger partial charge in [-0.25, -0.2) is 0 Å². The van der Waals surface area contributed by atoms with Gasteiger partial charge in [0.25, 0.3) is 0 Å². The first kappa shape index (κ1) is 9.31. The monoisotopic (exact) mass is 198 g/mol. The molecule has 1 aromatic heterocycles. The summed E-state index contributed by atoms with van der Waals surface area (Å²) in [5.41, 5.74) is 0.896. The Hall–Kier alpha value is -0.780. The van der Waals surface area contributed by atoms with Gasteiger partial charge in [-0.05, 0) is 6.07 Å². The Labute approximate surface area is 80.4 Å². The summed E-state index contributed by atoms with van der Waals surface area (Å²) in [6.45, 7) is 0. The van der Waals surface area contributed by atoms with Crippen molar-refractivity contribution in [1.29, 1.82) is 0 Å². The molecule has 1 nitrogen and oxygen atoms in total. The van der Waals surface area contributed by atoms with Crippen LogP contribution in [0.2, 0.25) is 0 Å². The van der Waals surface area contributed by atoms with Crippen molar-refractivity contribution in [2.45, 2.75) is 6.42 Å². The van der Waals surface area contributed by atoms with Crippen LogP contribution in [0.4, 0.5) is 0 Å². The van der Waals surface area contributed by atoms with Crippen LogP contribution >= 0.6 is 22.9 Å². The van der Waals surface area contributed by atoms with E-state index in [0.717, 1.165) is 11.8 Å². The van der Waals surface area contributed by atoms with E-state index in [-0.39, 0.29) is 0 Å². The molecule has 0 radical (unpaired) electrons. The highest BCUT2D eigenvalue weighted by molar-refractivity contribution is 7.11. The van der Waals surface area contributed by atoms with Gasteiger partial charge in [0.1, 0.15) is 0 Å². The van der Waals surface area contributed by atoms with E-state index >= 15 is 0 Å². The minimum Gasteiger partial charge on any atom is -0.297 e. The van der Waals surface area contributed by atoms with Crippen LogP contribution in [0.25, 0.3) is 0 Å². The molecule has 0 aliphatic rings. The highest BCUT2D eigenvalue weighted by atomic mass is 35.5. The summed E-state index contributed by atoms with van der Waals surface area (Å²) in [5, 5.41) is 1.87. The summed E-state index contributed by atoms with van der Waals surface area (Å²) in [6.07, 6.45) is 1.52. The Kier molecular flexibility index (Phi) is 3.86. The zero-order valence-electron chi connectivity index (χ0n) is 6.34. The third-order valence-electron chi connectivity index (χ3n) is 1.19. The Morgan fingerprint density at radius 2 is 2.50 bits per heavy atom. The van der Waals surface area contributed by atoms with Crippen LogP contribution in [0.1, 0.15) is 21.7 Å². The second kappa shape index (κ2) is 4.97. The fourth-order valence-corrected chi connectivity index (χ4v) is 1.43. The standard InChI is InChI=1S/C9H7ClOS/c10-4-2-1-3-8-5-9(6-11)12-7-8/h5-7H,2,4H2. The number of aldehydes is 1. The van der Waals surface area contributed by atoms with Gasteiger partial charge in [0.15, 0.2) is 6.29 Å². The van der Waals surface area contributed by atoms with E-state index in [4.69, 9.17) is 11.6 Å². The molecule has 3 heteroatoms. The summed E-state index contributed by atoms with van der Waals surface area (Å²) < 4.78 is 0. The van der Waals surface area contributed by atoms with Gasteiger partial charge in [-0.3, -0.25) is 4.79 Å². The van der Waals surface area contributed by atoms with E-state index in [9.17, 15) is 4.79 Å². The lowest BCUT2D eigenvalue weighted by molar-refractivity contribution is 0.112. The molecule has 0 aliphatic heterocycles. The third-order valence-corrected chi connectivity index (χ3v) is 2.24. The van der Waals surface area contributed by atoms with Gasteiger partial charge < -0.3 is 0 Å². The lowest BCUT2D eigenvalue weighted by atomic mass is 10.3. The highest BCUT2D eigenvalue weighted by Crippen LogP contribution is 2.10. The van der Waals surface area contributed by atoms with Gasteiger partial charge in [-0.1, -0.05) is 11.8 Å². The second-order valence-electron chi connectivity index (χ2n) is 2.10. The number of hydrogen-bond acceptors (Lipinski definition) is 2. The number of carbonyl (C=O) groups is 1. The Bertz CT molecular complexity index is 319. The van der Waals surface area contributed by atoms with E-state index in [2.05, 4.69) is 11.8 Å². The molecule has 0 N–H and O–H groups in total. The fraction of sp³-hybridized carbons (Fsp3) is 0.222. The van der Waals surface area contributed by atoms with Crippen LogP contribution in [-0.4, -0.2) is 12.2 Å². The largest absolute Gasteiger partial charge is 0.297 e. The molecule has 0 atom stereocenters. The van der Waals surface area contributed by atoms with Crippen LogP contribution in [0, 0.1) is 11.8 Å². The minimum absolute atomic E-state index is 0.553. The Morgan fingerprint density at radius 1 is 1.67 bits per heavy atom. The summed E-state index contributed by atoms with van der Waals surface area (Å²) >= 11 is 6.85. The summed E-state index contributed by atoms with van der Waals surface area (Å²) in [5.74, 6) is 6.37. The molecule has 0 spiro atoms. The molecule has 0 unspecified atom stereocenters. The quantitative estimate of drug-likeness (QED) is 0.406. The molecule has 12 heavy (non-hydrogen) atoms. The maximum absolute atomic E-state index is 10.3. The number of rotatable bonds is 2. The van der Waals surface area contributed by atoms with Crippen LogP contribution in [0.5, 0.6) is 0 Å². The molecular weight excluding hydrogens is 192 g/mol. The van der Waals surface area contributed by atoms with Crippen LogP contribution in [0.3, 0.4) is 0 Å². The maximum atomic E-state index is 10.3. The van der Waals surface area contributed by atoms with E-state index < -0.39 is 0 Å². The SMILES string of the molecule is O=Cc1cc(C#CCCCl)cs1. The van der Waals surface area contributed by atoms with Gasteiger partial charge in [-0.15, -0.1) is 22.9 Å². The van der Waals surface area contributed by atoms with Gasteiger partial charge in [0.05, 0.1) is 4.88 Å². The molecule has 0 aromatic carbocycles. The number of alkyl halides is 1. The van der Waals surface area contributed by atoms with Crippen molar-refractivity contribution in [3.05, 3.63) is 21.9 Å². The predicted octanol–water partition coefficient (Wildman–Crippen LogP) is 2.54. The molecule has 62 valence electrons. The molecule has 0 fully saturated rings. The number of halogens is 1. The van der Waals surface area contributed by atoms with Crippen molar-refractivity contribution in [2.24, 2.45) is 0 Å². The number of hydrogen-bond donors (Lipinski definition) is 0. The molecule has 1 aromatic rings. The maximum Gasteiger partial charge on any atom is 0.160 e. The first-order chi connectivity index (χ1) is 5.86. The molecule has 0 saturated heterocycles. The normalized spacial score (nSPS) is 8.75. The average Bonchev–Trinajstić information content (AvgIpc) is 2.53. The molecule has 0 amide bonds. The highest BCUT2D eigenvalue weighted by Gasteiger charge is 1.93. The predicted molar refractivity (Wildman–Crippen MR) is 51.9 cm³/mol. The average molecular weight is 199 g/mol. The molecule has 0 saturated carbocycles. The second-order valence-corrected chi connectivity index (χ2v) is 3.42. The zero-order chi connectivity index (χ0) is 8.81. The molecule has 0 bridgehead atoms. The van der Waals surface area contributed by atoms with Crippen molar-refractivity contribution in [2.75, 3.05) is 5.88 Å². The third kappa shape index (κ3) is 2.69. The molecule has 0 aliphatic carbocycles. The first-order valence-electron chi connectivity index (χ1n) is 3.45. The Morgan fingerprint density at radius 3 is 3.08 bits per heavy atom. The smallest absolute Gasteiger partial charge is 0.160 e. The number of thiophene rings is 1. The van der Waals surface area contributed by atoms with Crippen molar-refractivity contribution < 1.29 is 4.79 Å². The van der Waals surface area contributed by atoms with Crippen LogP contribution < -0.4 is 0 Å². The number of carbonyl (C=O) groups excluding carboxylic acids is 1. The van der Waals surface area contributed by atoms with Crippen molar-refractivity contribution in [3.63, 3.8) is 0 Å². The minimum atomic E-state index is 0.553. The van der Waals surface area contributed by atoms with Crippen LogP contribution in [0.15, 0.2) is 11.4 Å². The van der Waals surface area contributed by atoms with Crippen molar-refractivity contribution >= 4 is 29.2 Å². The van der Waals surface area contributed by atoms with Crippen molar-refractivity contribution in [1.82, 2.24) is 0 Å². The van der Waals surface area contributed by atoms with Crippen LogP contribution in [-0.2, 0) is 0 Å². The summed E-state index contributed by atoms with van der Waals surface area (Å²) in [4.78, 5) is 11.0. The topological polar surface area (TPSA) is 17.1 Å². The zero-order valence-corrected chi connectivity index (χ0v) is 7.91. The Balaban J connectivity index is 2.65. The van der Waals surface area contributed by atoms with Gasteiger partial charge in [0, 0.05) is 23.2 Å². The summed E-state index contributed by atoms with van der Waals surface area (Å²) in [6, 6.07) is 1.78. The van der Waals surface area contributed by atoms with Gasteiger partial charge in [0.2, 0.25) is 0 Å². The van der Waals surface area contributed by atoms with Gasteiger partial charge >= 0.3 is 0 Å².